The predicted octanol–water partition coefficient (Wildman–Crippen LogP) is 4.31. The summed E-state index contributed by atoms with van der Waals surface area (Å²) in [7, 11) is 0. The van der Waals surface area contributed by atoms with Crippen LogP contribution >= 0.6 is 11.6 Å². The van der Waals surface area contributed by atoms with Crippen molar-refractivity contribution < 1.29 is 4.79 Å². The van der Waals surface area contributed by atoms with E-state index in [4.69, 9.17) is 11.6 Å². The second-order valence-electron chi connectivity index (χ2n) is 5.08. The monoisotopic (exact) mass is 298 g/mol. The number of nitrogens with one attached hydrogen (secondary N) is 2. The largest absolute Gasteiger partial charge is 0.361 e. The molecule has 0 bridgehead atoms. The summed E-state index contributed by atoms with van der Waals surface area (Å²) in [5.74, 6) is -0.0321. The Kier molecular flexibility index (Phi) is 3.67. The van der Waals surface area contributed by atoms with E-state index in [-0.39, 0.29) is 5.91 Å². The van der Waals surface area contributed by atoms with Crippen molar-refractivity contribution in [2.75, 3.05) is 5.32 Å². The van der Waals surface area contributed by atoms with Crippen LogP contribution in [-0.4, -0.2) is 10.9 Å². The van der Waals surface area contributed by atoms with Gasteiger partial charge in [0.05, 0.1) is 6.42 Å². The number of H-pyrrole nitrogens is 1. The standard InChI is InChI=1S/C17H15ClN2O/c1-11-8-14(18)3-5-15(11)20-17(21)10-12-2-4-16-13(9-12)6-7-19-16/h2-9,19H,10H2,1H3,(H,20,21). The van der Waals surface area contributed by atoms with Crippen molar-refractivity contribution in [2.24, 2.45) is 0 Å². The third-order valence-electron chi connectivity index (χ3n) is 3.44. The highest BCUT2D eigenvalue weighted by molar-refractivity contribution is 6.30. The number of amides is 1. The minimum absolute atomic E-state index is 0.0321. The van der Waals surface area contributed by atoms with Gasteiger partial charge in [-0.1, -0.05) is 17.7 Å². The van der Waals surface area contributed by atoms with Crippen LogP contribution in [0.5, 0.6) is 0 Å². The van der Waals surface area contributed by atoms with Gasteiger partial charge >= 0.3 is 0 Å². The van der Waals surface area contributed by atoms with Crippen LogP contribution in [0.3, 0.4) is 0 Å². The lowest BCUT2D eigenvalue weighted by Crippen LogP contribution is -2.15. The van der Waals surface area contributed by atoms with Crippen LogP contribution < -0.4 is 5.32 Å². The molecule has 1 aromatic heterocycles. The molecule has 2 N–H and O–H groups in total. The first-order chi connectivity index (χ1) is 10.1. The molecule has 0 unspecified atom stereocenters. The highest BCUT2D eigenvalue weighted by Crippen LogP contribution is 2.20. The summed E-state index contributed by atoms with van der Waals surface area (Å²) in [6.07, 6.45) is 2.24. The van der Waals surface area contributed by atoms with Gasteiger partial charge in [0.15, 0.2) is 0 Å². The van der Waals surface area contributed by atoms with E-state index in [0.717, 1.165) is 27.7 Å². The fraction of sp³-hybridized carbons (Fsp3) is 0.118. The molecule has 3 aromatic rings. The van der Waals surface area contributed by atoms with Gasteiger partial charge in [-0.2, -0.15) is 0 Å². The van der Waals surface area contributed by atoms with E-state index in [0.29, 0.717) is 11.4 Å². The normalized spacial score (nSPS) is 10.8. The van der Waals surface area contributed by atoms with Gasteiger partial charge in [0.25, 0.3) is 0 Å². The van der Waals surface area contributed by atoms with Crippen LogP contribution in [0.2, 0.25) is 5.02 Å². The summed E-state index contributed by atoms with van der Waals surface area (Å²) in [6, 6.07) is 13.4. The molecule has 1 heterocycles. The van der Waals surface area contributed by atoms with Crippen LogP contribution in [0.1, 0.15) is 11.1 Å². The molecule has 0 aliphatic heterocycles. The summed E-state index contributed by atoms with van der Waals surface area (Å²) in [5, 5.41) is 4.71. The third kappa shape index (κ3) is 3.09. The van der Waals surface area contributed by atoms with Crippen molar-refractivity contribution >= 4 is 34.1 Å². The Bertz CT molecular complexity index is 807. The van der Waals surface area contributed by atoms with Crippen molar-refractivity contribution in [2.45, 2.75) is 13.3 Å². The fourth-order valence-electron chi connectivity index (χ4n) is 2.36. The van der Waals surface area contributed by atoms with E-state index >= 15 is 0 Å². The van der Waals surface area contributed by atoms with Gasteiger partial charge in [0.2, 0.25) is 5.91 Å². The van der Waals surface area contributed by atoms with E-state index < -0.39 is 0 Å². The van der Waals surface area contributed by atoms with E-state index in [9.17, 15) is 4.79 Å². The molecule has 0 fully saturated rings. The number of anilines is 1. The molecule has 0 saturated carbocycles. The lowest BCUT2D eigenvalue weighted by atomic mass is 10.1. The average molecular weight is 299 g/mol. The molecule has 3 nitrogen and oxygen atoms in total. The summed E-state index contributed by atoms with van der Waals surface area (Å²) in [5.41, 5.74) is 3.82. The molecule has 0 aliphatic rings. The minimum atomic E-state index is -0.0321. The lowest BCUT2D eigenvalue weighted by molar-refractivity contribution is -0.115. The fourth-order valence-corrected chi connectivity index (χ4v) is 2.59. The second-order valence-corrected chi connectivity index (χ2v) is 5.52. The molecule has 0 radical (unpaired) electrons. The molecule has 1 amide bonds. The van der Waals surface area contributed by atoms with Crippen molar-refractivity contribution in [1.29, 1.82) is 0 Å². The molecule has 106 valence electrons. The Morgan fingerprint density at radius 3 is 2.86 bits per heavy atom. The zero-order valence-electron chi connectivity index (χ0n) is 11.6. The molecular weight excluding hydrogens is 284 g/mol. The topological polar surface area (TPSA) is 44.9 Å². The van der Waals surface area contributed by atoms with E-state index in [1.807, 2.05) is 49.5 Å². The maximum absolute atomic E-state index is 12.1. The van der Waals surface area contributed by atoms with Gasteiger partial charge in [-0.15, -0.1) is 0 Å². The van der Waals surface area contributed by atoms with E-state index in [2.05, 4.69) is 10.3 Å². The van der Waals surface area contributed by atoms with Gasteiger partial charge in [-0.25, -0.2) is 0 Å². The number of carbonyl (C=O) groups is 1. The summed E-state index contributed by atoms with van der Waals surface area (Å²) < 4.78 is 0. The number of hydrogen-bond acceptors (Lipinski definition) is 1. The van der Waals surface area contributed by atoms with Crippen LogP contribution in [0.15, 0.2) is 48.7 Å². The number of hydrogen-bond donors (Lipinski definition) is 2. The zero-order valence-corrected chi connectivity index (χ0v) is 12.4. The molecule has 0 spiro atoms. The number of fused-ring (bicyclic) bond motifs is 1. The molecular formula is C17H15ClN2O. The first-order valence-corrected chi connectivity index (χ1v) is 7.11. The number of rotatable bonds is 3. The first kappa shape index (κ1) is 13.7. The number of halogens is 1. The molecule has 0 saturated heterocycles. The highest BCUT2D eigenvalue weighted by Gasteiger charge is 2.07. The lowest BCUT2D eigenvalue weighted by Gasteiger charge is -2.09. The molecule has 2 aromatic carbocycles. The Labute approximate surface area is 127 Å². The Morgan fingerprint density at radius 1 is 1.19 bits per heavy atom. The number of carbonyl (C=O) groups excluding carboxylic acids is 1. The Morgan fingerprint density at radius 2 is 2.05 bits per heavy atom. The molecule has 21 heavy (non-hydrogen) atoms. The molecule has 0 aliphatic carbocycles. The number of aromatic amines is 1. The number of aryl methyl sites for hydroxylation is 1. The Balaban J connectivity index is 1.73. The van der Waals surface area contributed by atoms with E-state index in [1.165, 1.54) is 0 Å². The van der Waals surface area contributed by atoms with Crippen LogP contribution in [-0.2, 0) is 11.2 Å². The molecule has 3 rings (SSSR count). The predicted molar refractivity (Wildman–Crippen MR) is 86.8 cm³/mol. The summed E-state index contributed by atoms with van der Waals surface area (Å²) in [6.45, 7) is 1.92. The first-order valence-electron chi connectivity index (χ1n) is 6.74. The van der Waals surface area contributed by atoms with Crippen LogP contribution in [0, 0.1) is 6.92 Å². The van der Waals surface area contributed by atoms with Crippen LogP contribution in [0.4, 0.5) is 5.69 Å². The van der Waals surface area contributed by atoms with Gasteiger partial charge in [-0.3, -0.25) is 4.79 Å². The van der Waals surface area contributed by atoms with Crippen molar-refractivity contribution in [3.05, 3.63) is 64.8 Å². The SMILES string of the molecule is Cc1cc(Cl)ccc1NC(=O)Cc1ccc2[nH]ccc2c1. The third-order valence-corrected chi connectivity index (χ3v) is 3.68. The van der Waals surface area contributed by atoms with Crippen LogP contribution in [0.25, 0.3) is 10.9 Å². The van der Waals surface area contributed by atoms with Gasteiger partial charge in [0, 0.05) is 22.4 Å². The average Bonchev–Trinajstić information content (AvgIpc) is 2.89. The molecule has 0 atom stereocenters. The quantitative estimate of drug-likeness (QED) is 0.743. The second kappa shape index (κ2) is 5.62. The minimum Gasteiger partial charge on any atom is -0.361 e. The maximum atomic E-state index is 12.1. The summed E-state index contributed by atoms with van der Waals surface area (Å²) in [4.78, 5) is 15.3. The Hall–Kier alpha value is -2.26. The van der Waals surface area contributed by atoms with E-state index in [1.54, 1.807) is 6.07 Å². The smallest absolute Gasteiger partial charge is 0.228 e. The van der Waals surface area contributed by atoms with Gasteiger partial charge < -0.3 is 10.3 Å². The van der Waals surface area contributed by atoms with Crippen molar-refractivity contribution in [1.82, 2.24) is 4.98 Å². The molecule has 4 heteroatoms. The van der Waals surface area contributed by atoms with Gasteiger partial charge in [-0.05, 0) is 59.8 Å². The van der Waals surface area contributed by atoms with Crippen molar-refractivity contribution in [3.8, 4) is 0 Å². The zero-order chi connectivity index (χ0) is 14.8. The van der Waals surface area contributed by atoms with Crippen molar-refractivity contribution in [3.63, 3.8) is 0 Å². The number of benzene rings is 2. The summed E-state index contributed by atoms with van der Waals surface area (Å²) >= 11 is 5.91. The van der Waals surface area contributed by atoms with Gasteiger partial charge in [0.1, 0.15) is 0 Å². The number of aromatic nitrogens is 1. The maximum Gasteiger partial charge on any atom is 0.228 e. The highest BCUT2D eigenvalue weighted by atomic mass is 35.5.